The number of morpholine rings is 1. The van der Waals surface area contributed by atoms with Gasteiger partial charge in [0.1, 0.15) is 6.04 Å². The van der Waals surface area contributed by atoms with Gasteiger partial charge in [-0.3, -0.25) is 14.7 Å². The molecular formula is C13H16F3N3O2. The van der Waals surface area contributed by atoms with Gasteiger partial charge in [-0.2, -0.15) is 13.2 Å². The van der Waals surface area contributed by atoms with Crippen LogP contribution in [0.5, 0.6) is 0 Å². The second-order valence-electron chi connectivity index (χ2n) is 4.93. The Bertz CT molecular complexity index is 504. The number of hydrogen-bond donors (Lipinski definition) is 1. The van der Waals surface area contributed by atoms with Crippen molar-refractivity contribution in [2.75, 3.05) is 13.2 Å². The number of nitrogens with two attached hydrogens (primary N) is 1. The third kappa shape index (κ3) is 3.70. The maximum absolute atomic E-state index is 12.5. The Labute approximate surface area is 119 Å². The summed E-state index contributed by atoms with van der Waals surface area (Å²) in [5.41, 5.74) is 5.00. The highest BCUT2D eigenvalue weighted by Gasteiger charge is 2.34. The number of rotatable bonds is 3. The highest BCUT2D eigenvalue weighted by atomic mass is 19.4. The minimum atomic E-state index is -4.41. The van der Waals surface area contributed by atoms with E-state index in [1.807, 2.05) is 0 Å². The number of aromatic nitrogens is 1. The fraction of sp³-hybridized carbons (Fsp3) is 0.538. The van der Waals surface area contributed by atoms with E-state index in [-0.39, 0.29) is 12.6 Å². The van der Waals surface area contributed by atoms with Crippen LogP contribution in [0.1, 0.15) is 18.2 Å². The van der Waals surface area contributed by atoms with Gasteiger partial charge in [-0.1, -0.05) is 0 Å². The zero-order valence-corrected chi connectivity index (χ0v) is 11.4. The molecule has 2 heterocycles. The van der Waals surface area contributed by atoms with Crippen molar-refractivity contribution in [3.8, 4) is 0 Å². The molecule has 0 radical (unpaired) electrons. The average Bonchev–Trinajstić information content (AvgIpc) is 2.38. The van der Waals surface area contributed by atoms with Crippen LogP contribution in [0.25, 0.3) is 0 Å². The molecule has 8 heteroatoms. The predicted molar refractivity (Wildman–Crippen MR) is 68.0 cm³/mol. The fourth-order valence-corrected chi connectivity index (χ4v) is 2.37. The van der Waals surface area contributed by atoms with Crippen molar-refractivity contribution >= 4 is 5.91 Å². The van der Waals surface area contributed by atoms with Crippen LogP contribution in [0.4, 0.5) is 13.2 Å². The number of pyridine rings is 1. The van der Waals surface area contributed by atoms with E-state index in [9.17, 15) is 18.0 Å². The van der Waals surface area contributed by atoms with Crippen molar-refractivity contribution in [1.82, 2.24) is 9.88 Å². The summed E-state index contributed by atoms with van der Waals surface area (Å²) in [6, 6.07) is 1.68. The van der Waals surface area contributed by atoms with Crippen molar-refractivity contribution in [1.29, 1.82) is 0 Å². The number of primary amides is 1. The van der Waals surface area contributed by atoms with Gasteiger partial charge in [0, 0.05) is 19.3 Å². The van der Waals surface area contributed by atoms with E-state index in [2.05, 4.69) is 4.98 Å². The van der Waals surface area contributed by atoms with Gasteiger partial charge in [-0.25, -0.2) is 0 Å². The first-order chi connectivity index (χ1) is 9.79. The van der Waals surface area contributed by atoms with Gasteiger partial charge >= 0.3 is 6.18 Å². The van der Waals surface area contributed by atoms with Gasteiger partial charge in [-0.05, 0) is 19.1 Å². The molecule has 1 fully saturated rings. The Morgan fingerprint density at radius 3 is 2.76 bits per heavy atom. The number of carbonyl (C=O) groups excluding carboxylic acids is 1. The number of alkyl halides is 3. The molecule has 1 aromatic rings. The lowest BCUT2D eigenvalue weighted by Crippen LogP contribution is -2.56. The molecule has 0 spiro atoms. The molecular weight excluding hydrogens is 287 g/mol. The standard InChI is InChI=1S/C13H16F3N3O2/c1-8-11(12(17)20)19(4-5-21-8)7-10-3-2-9(6-18-10)13(14,15)16/h2-3,6,8,11H,4-5,7H2,1H3,(H2,17,20)/t8-,11+/m1/s1. The quantitative estimate of drug-likeness (QED) is 0.910. The molecule has 5 nitrogen and oxygen atoms in total. The zero-order chi connectivity index (χ0) is 15.6. The number of nitrogens with zero attached hydrogens (tertiary/aromatic N) is 2. The van der Waals surface area contributed by atoms with E-state index in [1.54, 1.807) is 11.8 Å². The topological polar surface area (TPSA) is 68.4 Å². The first-order valence-corrected chi connectivity index (χ1v) is 6.46. The monoisotopic (exact) mass is 303 g/mol. The van der Waals surface area contributed by atoms with Crippen molar-refractivity contribution in [3.63, 3.8) is 0 Å². The molecule has 116 valence electrons. The molecule has 0 unspecified atom stereocenters. The minimum Gasteiger partial charge on any atom is -0.375 e. The van der Waals surface area contributed by atoms with Crippen LogP contribution in [0.2, 0.25) is 0 Å². The second-order valence-corrected chi connectivity index (χ2v) is 4.93. The molecule has 21 heavy (non-hydrogen) atoms. The Balaban J connectivity index is 2.11. The Kier molecular flexibility index (Phi) is 4.48. The second kappa shape index (κ2) is 5.98. The molecule has 2 atom stereocenters. The van der Waals surface area contributed by atoms with Crippen LogP contribution in [-0.2, 0) is 22.3 Å². The van der Waals surface area contributed by atoms with Crippen molar-refractivity contribution < 1.29 is 22.7 Å². The largest absolute Gasteiger partial charge is 0.417 e. The summed E-state index contributed by atoms with van der Waals surface area (Å²) in [5, 5.41) is 0. The van der Waals surface area contributed by atoms with Crippen molar-refractivity contribution in [3.05, 3.63) is 29.6 Å². The molecule has 0 bridgehead atoms. The lowest BCUT2D eigenvalue weighted by Gasteiger charge is -2.37. The van der Waals surface area contributed by atoms with E-state index in [0.717, 1.165) is 12.3 Å². The summed E-state index contributed by atoms with van der Waals surface area (Å²) >= 11 is 0. The van der Waals surface area contributed by atoms with Gasteiger partial charge in [-0.15, -0.1) is 0 Å². The maximum Gasteiger partial charge on any atom is 0.417 e. The summed E-state index contributed by atoms with van der Waals surface area (Å²) in [7, 11) is 0. The van der Waals surface area contributed by atoms with E-state index < -0.39 is 23.7 Å². The van der Waals surface area contributed by atoms with Gasteiger partial charge in [0.15, 0.2) is 0 Å². The number of carbonyl (C=O) groups is 1. The zero-order valence-electron chi connectivity index (χ0n) is 11.4. The van der Waals surface area contributed by atoms with Crippen LogP contribution in [0.15, 0.2) is 18.3 Å². The summed E-state index contributed by atoms with van der Waals surface area (Å²) < 4.78 is 42.8. The molecule has 1 aliphatic rings. The third-order valence-electron chi connectivity index (χ3n) is 3.41. The molecule has 0 saturated carbocycles. The maximum atomic E-state index is 12.5. The number of hydrogen-bond acceptors (Lipinski definition) is 4. The summed E-state index contributed by atoms with van der Waals surface area (Å²) in [6.45, 7) is 2.90. The van der Waals surface area contributed by atoms with Crippen LogP contribution >= 0.6 is 0 Å². The summed E-state index contributed by atoms with van der Waals surface area (Å²) in [5.74, 6) is -0.519. The Morgan fingerprint density at radius 2 is 2.24 bits per heavy atom. The lowest BCUT2D eigenvalue weighted by molar-refractivity contribution is -0.137. The fourth-order valence-electron chi connectivity index (χ4n) is 2.37. The molecule has 1 amide bonds. The van der Waals surface area contributed by atoms with Crippen LogP contribution in [-0.4, -0.2) is 41.1 Å². The van der Waals surface area contributed by atoms with Crippen LogP contribution in [0.3, 0.4) is 0 Å². The minimum absolute atomic E-state index is 0.249. The molecule has 2 N–H and O–H groups in total. The van der Waals surface area contributed by atoms with Crippen LogP contribution < -0.4 is 5.73 Å². The summed E-state index contributed by atoms with van der Waals surface area (Å²) in [4.78, 5) is 17.1. The average molecular weight is 303 g/mol. The highest BCUT2D eigenvalue weighted by Crippen LogP contribution is 2.28. The molecule has 0 aromatic carbocycles. The van der Waals surface area contributed by atoms with E-state index >= 15 is 0 Å². The first kappa shape index (κ1) is 15.7. The molecule has 1 saturated heterocycles. The highest BCUT2D eigenvalue weighted by molar-refractivity contribution is 5.80. The van der Waals surface area contributed by atoms with E-state index in [1.165, 1.54) is 6.07 Å². The van der Waals surface area contributed by atoms with Crippen molar-refractivity contribution in [2.45, 2.75) is 31.8 Å². The molecule has 1 aromatic heterocycles. The first-order valence-electron chi connectivity index (χ1n) is 6.46. The van der Waals surface area contributed by atoms with Crippen molar-refractivity contribution in [2.24, 2.45) is 5.73 Å². The summed E-state index contributed by atoms with van der Waals surface area (Å²) in [6.07, 6.45) is -3.97. The number of amides is 1. The van der Waals surface area contributed by atoms with Gasteiger partial charge in [0.05, 0.1) is 24.0 Å². The van der Waals surface area contributed by atoms with E-state index in [4.69, 9.17) is 10.5 Å². The third-order valence-corrected chi connectivity index (χ3v) is 3.41. The van der Waals surface area contributed by atoms with Gasteiger partial charge in [0.2, 0.25) is 5.91 Å². The molecule has 0 aliphatic carbocycles. The van der Waals surface area contributed by atoms with Gasteiger partial charge in [0.25, 0.3) is 0 Å². The normalized spacial score (nSPS) is 24.0. The molecule has 1 aliphatic heterocycles. The van der Waals surface area contributed by atoms with Gasteiger partial charge < -0.3 is 10.5 Å². The predicted octanol–water partition coefficient (Wildman–Crippen LogP) is 1.17. The Hall–Kier alpha value is -1.67. The number of ether oxygens (including phenoxy) is 1. The molecule has 2 rings (SSSR count). The smallest absolute Gasteiger partial charge is 0.375 e. The van der Waals surface area contributed by atoms with E-state index in [0.29, 0.717) is 18.8 Å². The SMILES string of the molecule is C[C@H]1OCCN(Cc2ccc(C(F)(F)F)cn2)[C@@H]1C(N)=O. The van der Waals surface area contributed by atoms with Crippen LogP contribution in [0, 0.1) is 0 Å². The Morgan fingerprint density at radius 1 is 1.52 bits per heavy atom. The lowest BCUT2D eigenvalue weighted by atomic mass is 10.1. The number of halogens is 3.